The molecule has 1 heterocycles. The van der Waals surface area contributed by atoms with Crippen LogP contribution in [0.4, 0.5) is 17.6 Å². The van der Waals surface area contributed by atoms with E-state index in [-0.39, 0.29) is 5.82 Å². The molecule has 2 atom stereocenters. The highest BCUT2D eigenvalue weighted by molar-refractivity contribution is 5.82. The van der Waals surface area contributed by atoms with Crippen LogP contribution >= 0.6 is 0 Å². The first kappa shape index (κ1) is 23.3. The molecule has 9 heteroatoms. The summed E-state index contributed by atoms with van der Waals surface area (Å²) in [6.45, 7) is 3.35. The predicted octanol–water partition coefficient (Wildman–Crippen LogP) is 5.66. The maximum atomic E-state index is 13.3. The molecular formula is C25H21F4N3O2. The second-order valence-electron chi connectivity index (χ2n) is 7.96. The monoisotopic (exact) mass is 471 g/mol. The van der Waals surface area contributed by atoms with Crippen molar-refractivity contribution in [2.24, 2.45) is 0 Å². The molecule has 0 radical (unpaired) electrons. The lowest BCUT2D eigenvalue weighted by atomic mass is 10.0. The maximum absolute atomic E-state index is 13.3. The summed E-state index contributed by atoms with van der Waals surface area (Å²) in [5.74, 6) is -1.99. The van der Waals surface area contributed by atoms with Crippen molar-refractivity contribution in [2.75, 3.05) is 0 Å². The first-order valence-electron chi connectivity index (χ1n) is 10.5. The molecule has 0 fully saturated rings. The number of hydrogen-bond acceptors (Lipinski definition) is 3. The third-order valence-corrected chi connectivity index (χ3v) is 5.35. The standard InChI is InChI=1S/C25H21F4N3O2/c1-15-3-5-17(6-4-15)23(16(2)31-24(33)25(27,28)29)34-21-11-12-22-18(13-21)14-30-32(22)20-9-7-19(26)8-10-20/h3-14,16,23H,1-2H3,(H,31,33)/t16-,23-/m0/s1. The van der Waals surface area contributed by atoms with E-state index in [0.29, 0.717) is 17.0 Å². The number of ether oxygens (including phenoxy) is 1. The minimum Gasteiger partial charge on any atom is -0.484 e. The van der Waals surface area contributed by atoms with Gasteiger partial charge in [0.1, 0.15) is 17.7 Å². The fraction of sp³-hybridized carbons (Fsp3) is 0.200. The molecule has 1 N–H and O–H groups in total. The molecular weight excluding hydrogens is 450 g/mol. The number of hydrogen-bond donors (Lipinski definition) is 1. The number of alkyl halides is 3. The summed E-state index contributed by atoms with van der Waals surface area (Å²) >= 11 is 0. The largest absolute Gasteiger partial charge is 0.484 e. The van der Waals surface area contributed by atoms with Crippen LogP contribution in [0.25, 0.3) is 16.6 Å². The van der Waals surface area contributed by atoms with Gasteiger partial charge in [-0.05, 0) is 61.9 Å². The van der Waals surface area contributed by atoms with Crippen LogP contribution in [-0.2, 0) is 4.79 Å². The van der Waals surface area contributed by atoms with Crippen LogP contribution in [0.2, 0.25) is 0 Å². The summed E-state index contributed by atoms with van der Waals surface area (Å²) in [5, 5.41) is 7.05. The molecule has 34 heavy (non-hydrogen) atoms. The fourth-order valence-electron chi connectivity index (χ4n) is 3.60. The molecule has 3 aromatic carbocycles. The highest BCUT2D eigenvalue weighted by Gasteiger charge is 2.40. The summed E-state index contributed by atoms with van der Waals surface area (Å²) in [7, 11) is 0. The van der Waals surface area contributed by atoms with Crippen molar-refractivity contribution < 1.29 is 27.1 Å². The molecule has 4 aromatic rings. The zero-order valence-corrected chi connectivity index (χ0v) is 18.3. The van der Waals surface area contributed by atoms with E-state index >= 15 is 0 Å². The van der Waals surface area contributed by atoms with Gasteiger partial charge in [-0.1, -0.05) is 29.8 Å². The van der Waals surface area contributed by atoms with Crippen molar-refractivity contribution in [3.8, 4) is 11.4 Å². The van der Waals surface area contributed by atoms with Gasteiger partial charge in [0.15, 0.2) is 0 Å². The van der Waals surface area contributed by atoms with E-state index in [1.165, 1.54) is 19.1 Å². The van der Waals surface area contributed by atoms with E-state index in [4.69, 9.17) is 4.74 Å². The molecule has 0 spiro atoms. The van der Waals surface area contributed by atoms with Crippen LogP contribution in [-0.4, -0.2) is 27.9 Å². The highest BCUT2D eigenvalue weighted by atomic mass is 19.4. The van der Waals surface area contributed by atoms with Crippen molar-refractivity contribution in [1.82, 2.24) is 15.1 Å². The van der Waals surface area contributed by atoms with Crippen LogP contribution in [0.1, 0.15) is 24.2 Å². The van der Waals surface area contributed by atoms with E-state index in [2.05, 4.69) is 5.10 Å². The Morgan fingerprint density at radius 1 is 1.03 bits per heavy atom. The normalized spacial score (nSPS) is 13.5. The van der Waals surface area contributed by atoms with Crippen LogP contribution in [0.3, 0.4) is 0 Å². The van der Waals surface area contributed by atoms with Gasteiger partial charge in [-0.3, -0.25) is 4.79 Å². The zero-order valence-electron chi connectivity index (χ0n) is 18.3. The molecule has 5 nitrogen and oxygen atoms in total. The van der Waals surface area contributed by atoms with E-state index in [1.54, 1.807) is 53.3 Å². The van der Waals surface area contributed by atoms with Gasteiger partial charge in [-0.2, -0.15) is 18.3 Å². The van der Waals surface area contributed by atoms with Crippen LogP contribution in [0, 0.1) is 12.7 Å². The minimum absolute atomic E-state index is 0.357. The Labute approximate surface area is 193 Å². The number of amides is 1. The molecule has 1 amide bonds. The highest BCUT2D eigenvalue weighted by Crippen LogP contribution is 2.29. The number of benzene rings is 3. The van der Waals surface area contributed by atoms with Crippen molar-refractivity contribution in [3.05, 3.63) is 89.9 Å². The van der Waals surface area contributed by atoms with E-state index in [0.717, 1.165) is 16.5 Å². The molecule has 0 saturated heterocycles. The Bertz CT molecular complexity index is 1300. The van der Waals surface area contributed by atoms with Crippen molar-refractivity contribution in [2.45, 2.75) is 32.2 Å². The topological polar surface area (TPSA) is 56.1 Å². The Balaban J connectivity index is 1.63. The van der Waals surface area contributed by atoms with Gasteiger partial charge in [-0.15, -0.1) is 0 Å². The third kappa shape index (κ3) is 5.03. The lowest BCUT2D eigenvalue weighted by molar-refractivity contribution is -0.174. The lowest BCUT2D eigenvalue weighted by Crippen LogP contribution is -2.45. The van der Waals surface area contributed by atoms with Crippen molar-refractivity contribution in [3.63, 3.8) is 0 Å². The summed E-state index contributed by atoms with van der Waals surface area (Å²) in [6.07, 6.45) is -4.27. The number of carbonyl (C=O) groups is 1. The Kier molecular flexibility index (Phi) is 6.28. The van der Waals surface area contributed by atoms with E-state index < -0.39 is 24.2 Å². The smallest absolute Gasteiger partial charge is 0.471 e. The molecule has 176 valence electrons. The van der Waals surface area contributed by atoms with Gasteiger partial charge in [0, 0.05) is 5.39 Å². The average molecular weight is 471 g/mol. The van der Waals surface area contributed by atoms with Crippen LogP contribution in [0.5, 0.6) is 5.75 Å². The summed E-state index contributed by atoms with van der Waals surface area (Å²) in [4.78, 5) is 11.5. The number of halogens is 4. The molecule has 0 bridgehead atoms. The van der Waals surface area contributed by atoms with Gasteiger partial charge in [-0.25, -0.2) is 9.07 Å². The number of carbonyl (C=O) groups excluding carboxylic acids is 1. The molecule has 0 aliphatic rings. The Hall–Kier alpha value is -3.88. The molecule has 0 unspecified atom stereocenters. The Morgan fingerprint density at radius 2 is 1.71 bits per heavy atom. The Morgan fingerprint density at radius 3 is 2.35 bits per heavy atom. The molecule has 0 saturated carbocycles. The fourth-order valence-corrected chi connectivity index (χ4v) is 3.60. The first-order chi connectivity index (χ1) is 16.1. The number of nitrogens with one attached hydrogen (secondary N) is 1. The maximum Gasteiger partial charge on any atom is 0.471 e. The molecule has 1 aromatic heterocycles. The number of nitrogens with zero attached hydrogens (tertiary/aromatic N) is 2. The zero-order chi connectivity index (χ0) is 24.5. The second-order valence-corrected chi connectivity index (χ2v) is 7.96. The van der Waals surface area contributed by atoms with Gasteiger partial charge in [0.05, 0.1) is 23.4 Å². The van der Waals surface area contributed by atoms with E-state index in [9.17, 15) is 22.4 Å². The van der Waals surface area contributed by atoms with Gasteiger partial charge >= 0.3 is 12.1 Å². The number of aromatic nitrogens is 2. The van der Waals surface area contributed by atoms with Gasteiger partial charge < -0.3 is 10.1 Å². The summed E-state index contributed by atoms with van der Waals surface area (Å²) in [6, 6.07) is 17.2. The SMILES string of the molecule is Cc1ccc([C@@H](Oc2ccc3c(cnn3-c3ccc(F)cc3)c2)[C@H](C)NC(=O)C(F)(F)F)cc1. The minimum atomic E-state index is -5.00. The van der Waals surface area contributed by atoms with Gasteiger partial charge in [0.25, 0.3) is 0 Å². The number of rotatable bonds is 6. The summed E-state index contributed by atoms with van der Waals surface area (Å²) in [5.41, 5.74) is 3.00. The van der Waals surface area contributed by atoms with Crippen LogP contribution < -0.4 is 10.1 Å². The second kappa shape index (κ2) is 9.17. The number of aryl methyl sites for hydroxylation is 1. The van der Waals surface area contributed by atoms with E-state index in [1.807, 2.05) is 24.4 Å². The van der Waals surface area contributed by atoms with Gasteiger partial charge in [0.2, 0.25) is 0 Å². The predicted molar refractivity (Wildman–Crippen MR) is 119 cm³/mol. The third-order valence-electron chi connectivity index (χ3n) is 5.35. The van der Waals surface area contributed by atoms with Crippen molar-refractivity contribution >= 4 is 16.8 Å². The molecule has 0 aliphatic carbocycles. The molecule has 4 rings (SSSR count). The van der Waals surface area contributed by atoms with Crippen LogP contribution in [0.15, 0.2) is 72.9 Å². The quantitative estimate of drug-likeness (QED) is 0.369. The average Bonchev–Trinajstić information content (AvgIpc) is 3.21. The molecule has 0 aliphatic heterocycles. The lowest BCUT2D eigenvalue weighted by Gasteiger charge is -2.27. The summed E-state index contributed by atoms with van der Waals surface area (Å²) < 4.78 is 59.4. The van der Waals surface area contributed by atoms with Crippen molar-refractivity contribution in [1.29, 1.82) is 0 Å². The number of fused-ring (bicyclic) bond motifs is 1. The first-order valence-corrected chi connectivity index (χ1v) is 10.5.